The topological polar surface area (TPSA) is 112 Å². The van der Waals surface area contributed by atoms with Crippen molar-refractivity contribution >= 4 is 28.1 Å². The first kappa shape index (κ1) is 23.8. The van der Waals surface area contributed by atoms with Gasteiger partial charge in [0.1, 0.15) is 22.6 Å². The molecule has 1 fully saturated rings. The van der Waals surface area contributed by atoms with E-state index in [0.29, 0.717) is 27.2 Å². The molecule has 3 heterocycles. The van der Waals surface area contributed by atoms with Crippen LogP contribution in [0, 0.1) is 6.92 Å². The molecule has 0 unspecified atom stereocenters. The molecule has 1 aliphatic rings. The minimum atomic E-state index is -0.761. The number of anilines is 2. The molecule has 4 rings (SSSR count). The van der Waals surface area contributed by atoms with Crippen molar-refractivity contribution < 1.29 is 19.0 Å². The zero-order chi connectivity index (χ0) is 24.1. The molecule has 34 heavy (non-hydrogen) atoms. The van der Waals surface area contributed by atoms with Gasteiger partial charge in [0, 0.05) is 32.3 Å². The number of hydrogen-bond acceptors (Lipinski definition) is 11. The molecule has 0 aliphatic carbocycles. The zero-order valence-electron chi connectivity index (χ0n) is 19.6. The van der Waals surface area contributed by atoms with Crippen molar-refractivity contribution in [2.45, 2.75) is 31.9 Å². The quantitative estimate of drug-likeness (QED) is 0.461. The number of benzene rings is 1. The van der Waals surface area contributed by atoms with Crippen LogP contribution >= 0.6 is 11.3 Å². The Hall–Kier alpha value is -3.31. The minimum absolute atomic E-state index is 0.118. The smallest absolute Gasteiger partial charge is 0.205 e. The number of ether oxygens (including phenoxy) is 3. The number of ketones is 1. The summed E-state index contributed by atoms with van der Waals surface area (Å²) in [5.74, 6) is 1.94. The number of aryl methyl sites for hydroxylation is 1. The van der Waals surface area contributed by atoms with Gasteiger partial charge in [0.25, 0.3) is 0 Å². The molecule has 0 radical (unpaired) electrons. The molecule has 0 amide bonds. The summed E-state index contributed by atoms with van der Waals surface area (Å²) in [5.41, 5.74) is 1.56. The molecule has 2 atom stereocenters. The predicted octanol–water partition coefficient (Wildman–Crippen LogP) is 2.84. The molecule has 1 aliphatic heterocycles. The lowest BCUT2D eigenvalue weighted by Crippen LogP contribution is -2.26. The lowest BCUT2D eigenvalue weighted by Gasteiger charge is -2.17. The van der Waals surface area contributed by atoms with Gasteiger partial charge in [-0.3, -0.25) is 4.79 Å². The molecule has 1 N–H and O–H groups in total. The Morgan fingerprint density at radius 3 is 2.53 bits per heavy atom. The van der Waals surface area contributed by atoms with E-state index in [1.807, 2.05) is 19.1 Å². The number of carbonyl (C=O) groups is 1. The maximum absolute atomic E-state index is 13.0. The first-order valence-corrected chi connectivity index (χ1v) is 11.7. The van der Waals surface area contributed by atoms with Gasteiger partial charge in [-0.05, 0) is 43.2 Å². The van der Waals surface area contributed by atoms with Crippen molar-refractivity contribution in [3.63, 3.8) is 0 Å². The summed E-state index contributed by atoms with van der Waals surface area (Å²) in [6.07, 6.45) is 0.309. The number of methoxy groups -OCH3 is 3. The number of Topliss-reactive ketones (excluding diaryl/α,β-unsaturated/α-hetero) is 1. The average molecular weight is 485 g/mol. The van der Waals surface area contributed by atoms with Crippen molar-refractivity contribution in [1.29, 1.82) is 0 Å². The highest BCUT2D eigenvalue weighted by molar-refractivity contribution is 7.15. The summed E-state index contributed by atoms with van der Waals surface area (Å²) in [7, 11) is 4.64. The van der Waals surface area contributed by atoms with Gasteiger partial charge in [-0.1, -0.05) is 11.3 Å². The second kappa shape index (κ2) is 10.7. The van der Waals surface area contributed by atoms with Crippen molar-refractivity contribution in [2.75, 3.05) is 44.6 Å². The molecule has 2 aromatic heterocycles. The number of nitrogens with zero attached hydrogens (tertiary/aromatic N) is 5. The van der Waals surface area contributed by atoms with Crippen LogP contribution in [0.4, 0.5) is 10.9 Å². The van der Waals surface area contributed by atoms with Crippen LogP contribution in [-0.2, 0) is 16.0 Å². The summed E-state index contributed by atoms with van der Waals surface area (Å²) < 4.78 is 16.1. The molecule has 0 spiro atoms. The molecule has 0 saturated carbocycles. The molecule has 1 saturated heterocycles. The molecule has 0 bridgehead atoms. The third kappa shape index (κ3) is 5.60. The normalized spacial score (nSPS) is 16.4. The van der Waals surface area contributed by atoms with Gasteiger partial charge in [0.15, 0.2) is 11.6 Å². The minimum Gasteiger partial charge on any atom is -0.497 e. The second-order valence-electron chi connectivity index (χ2n) is 8.01. The molecule has 11 heteroatoms. The first-order chi connectivity index (χ1) is 16.5. The third-order valence-electron chi connectivity index (χ3n) is 5.62. The van der Waals surface area contributed by atoms with E-state index in [2.05, 4.69) is 30.6 Å². The summed E-state index contributed by atoms with van der Waals surface area (Å²) in [5, 5.41) is 21.6. The van der Waals surface area contributed by atoms with Crippen LogP contribution in [0.15, 0.2) is 30.3 Å². The number of rotatable bonds is 10. The van der Waals surface area contributed by atoms with Crippen LogP contribution < -0.4 is 19.7 Å². The fourth-order valence-electron chi connectivity index (χ4n) is 3.88. The molecule has 180 valence electrons. The van der Waals surface area contributed by atoms with Crippen molar-refractivity contribution in [1.82, 2.24) is 20.4 Å². The van der Waals surface area contributed by atoms with E-state index in [9.17, 15) is 4.79 Å². The van der Waals surface area contributed by atoms with Gasteiger partial charge < -0.3 is 24.4 Å². The van der Waals surface area contributed by atoms with Crippen LogP contribution in [0.5, 0.6) is 11.5 Å². The van der Waals surface area contributed by atoms with Crippen LogP contribution in [0.2, 0.25) is 0 Å². The Morgan fingerprint density at radius 1 is 1.12 bits per heavy atom. The standard InChI is InChI=1S/C23H28N6O4S/c1-14-5-6-20(26-25-14)29-8-7-16(13-29)24-23-28-27-21(34-23)12-19(30)22(33-4)15-9-17(31-2)11-18(10-15)32-3/h5-6,9-11,16,22H,7-8,12-13H2,1-4H3,(H,24,28)/t16-,22+/m1/s1. The Bertz CT molecular complexity index is 1100. The fourth-order valence-corrected chi connectivity index (χ4v) is 4.71. The summed E-state index contributed by atoms with van der Waals surface area (Å²) in [6.45, 7) is 3.61. The van der Waals surface area contributed by atoms with E-state index in [1.165, 1.54) is 18.4 Å². The van der Waals surface area contributed by atoms with Crippen molar-refractivity contribution in [2.24, 2.45) is 0 Å². The maximum atomic E-state index is 13.0. The van der Waals surface area contributed by atoms with E-state index < -0.39 is 6.10 Å². The second-order valence-corrected chi connectivity index (χ2v) is 9.08. The molecular weight excluding hydrogens is 456 g/mol. The van der Waals surface area contributed by atoms with Crippen LogP contribution in [0.3, 0.4) is 0 Å². The molecule has 1 aromatic carbocycles. The SMILES string of the molecule is COc1cc(OC)cc([C@H](OC)C(=O)Cc2nnc(N[C@@H]3CCN(c4ccc(C)nn4)C3)s2)c1. The van der Waals surface area contributed by atoms with E-state index >= 15 is 0 Å². The van der Waals surface area contributed by atoms with Crippen molar-refractivity contribution in [3.8, 4) is 11.5 Å². The highest BCUT2D eigenvalue weighted by Crippen LogP contribution is 2.30. The van der Waals surface area contributed by atoms with Crippen LogP contribution in [0.25, 0.3) is 0 Å². The Balaban J connectivity index is 1.37. The summed E-state index contributed by atoms with van der Waals surface area (Å²) in [6, 6.07) is 9.46. The Morgan fingerprint density at radius 2 is 1.88 bits per heavy atom. The van der Waals surface area contributed by atoms with E-state index in [4.69, 9.17) is 14.2 Å². The average Bonchev–Trinajstić information content (AvgIpc) is 3.49. The molecule has 3 aromatic rings. The monoisotopic (exact) mass is 484 g/mol. The van der Waals surface area contributed by atoms with Gasteiger partial charge in [0.2, 0.25) is 5.13 Å². The van der Waals surface area contributed by atoms with Crippen molar-refractivity contribution in [3.05, 3.63) is 46.6 Å². The summed E-state index contributed by atoms with van der Waals surface area (Å²) in [4.78, 5) is 15.2. The highest BCUT2D eigenvalue weighted by Gasteiger charge is 2.26. The largest absolute Gasteiger partial charge is 0.497 e. The van der Waals surface area contributed by atoms with Gasteiger partial charge in [-0.2, -0.15) is 5.10 Å². The first-order valence-electron chi connectivity index (χ1n) is 10.9. The summed E-state index contributed by atoms with van der Waals surface area (Å²) >= 11 is 1.38. The highest BCUT2D eigenvalue weighted by atomic mass is 32.1. The number of aromatic nitrogens is 4. The zero-order valence-corrected chi connectivity index (χ0v) is 20.5. The van der Waals surface area contributed by atoms with Crippen LogP contribution in [-0.4, -0.2) is 66.6 Å². The molecule has 10 nitrogen and oxygen atoms in total. The lowest BCUT2D eigenvalue weighted by molar-refractivity contribution is -0.128. The molecular formula is C23H28N6O4S. The van der Waals surface area contributed by atoms with Gasteiger partial charge in [-0.15, -0.1) is 15.3 Å². The Labute approximate surface area is 202 Å². The van der Waals surface area contributed by atoms with E-state index in [0.717, 1.165) is 31.0 Å². The lowest BCUT2D eigenvalue weighted by atomic mass is 10.0. The van der Waals surface area contributed by atoms with E-state index in [1.54, 1.807) is 32.4 Å². The number of nitrogens with one attached hydrogen (secondary N) is 1. The number of hydrogen-bond donors (Lipinski definition) is 1. The van der Waals surface area contributed by atoms with Gasteiger partial charge in [0.05, 0.1) is 26.3 Å². The number of carbonyl (C=O) groups excluding carboxylic acids is 1. The van der Waals surface area contributed by atoms with Gasteiger partial charge in [-0.25, -0.2) is 0 Å². The third-order valence-corrected chi connectivity index (χ3v) is 6.48. The fraction of sp³-hybridized carbons (Fsp3) is 0.435. The van der Waals surface area contributed by atoms with E-state index in [-0.39, 0.29) is 18.2 Å². The Kier molecular flexibility index (Phi) is 7.53. The maximum Gasteiger partial charge on any atom is 0.205 e. The predicted molar refractivity (Wildman–Crippen MR) is 129 cm³/mol. The van der Waals surface area contributed by atoms with Gasteiger partial charge >= 0.3 is 0 Å². The van der Waals surface area contributed by atoms with Crippen LogP contribution in [0.1, 0.15) is 28.8 Å².